The second-order valence-corrected chi connectivity index (χ2v) is 5.12. The Bertz CT molecular complexity index is 492. The molecule has 2 aromatic rings. The Balaban J connectivity index is 2.31. The minimum atomic E-state index is -0.304. The summed E-state index contributed by atoms with van der Waals surface area (Å²) in [5.74, 6) is -0.275. The highest BCUT2D eigenvalue weighted by Gasteiger charge is 2.14. The van der Waals surface area contributed by atoms with Crippen molar-refractivity contribution in [1.82, 2.24) is 0 Å². The standard InChI is InChI=1S/C15H12F2OS/c16-13-5-1-11(2-6-13)15(19-10-9-18)12-3-7-14(17)8-4-12/h1-9,15H,10H2. The normalized spacial score (nSPS) is 10.7. The SMILES string of the molecule is O=CCSC(c1ccc(F)cc1)c1ccc(F)cc1. The molecule has 0 fully saturated rings. The van der Waals surface area contributed by atoms with Gasteiger partial charge in [-0.2, -0.15) is 0 Å². The van der Waals surface area contributed by atoms with Crippen LogP contribution in [0.25, 0.3) is 0 Å². The maximum absolute atomic E-state index is 12.9. The maximum atomic E-state index is 12.9. The molecule has 0 aliphatic rings. The van der Waals surface area contributed by atoms with Crippen molar-refractivity contribution in [2.45, 2.75) is 5.25 Å². The molecule has 0 spiro atoms. The Labute approximate surface area is 114 Å². The predicted octanol–water partition coefficient (Wildman–Crippen LogP) is 3.99. The van der Waals surface area contributed by atoms with Crippen LogP contribution in [0.1, 0.15) is 16.4 Å². The largest absolute Gasteiger partial charge is 0.302 e. The highest BCUT2D eigenvalue weighted by Crippen LogP contribution is 2.35. The Kier molecular flexibility index (Phi) is 4.68. The number of benzene rings is 2. The summed E-state index contributed by atoms with van der Waals surface area (Å²) in [6.45, 7) is 0. The first-order valence-corrected chi connectivity index (χ1v) is 6.82. The van der Waals surface area contributed by atoms with Crippen molar-refractivity contribution in [3.63, 3.8) is 0 Å². The Hall–Kier alpha value is -1.68. The van der Waals surface area contributed by atoms with Gasteiger partial charge in [0.25, 0.3) is 0 Å². The van der Waals surface area contributed by atoms with Gasteiger partial charge in [-0.3, -0.25) is 0 Å². The van der Waals surface area contributed by atoms with E-state index in [-0.39, 0.29) is 16.9 Å². The molecule has 0 amide bonds. The molecule has 2 aromatic carbocycles. The van der Waals surface area contributed by atoms with Crippen LogP contribution in [0.4, 0.5) is 8.78 Å². The van der Waals surface area contributed by atoms with Crippen molar-refractivity contribution >= 4 is 18.0 Å². The van der Waals surface area contributed by atoms with Gasteiger partial charge in [-0.05, 0) is 35.4 Å². The molecule has 0 atom stereocenters. The number of thioether (sulfide) groups is 1. The molecule has 0 N–H and O–H groups in total. The van der Waals surface area contributed by atoms with Crippen molar-refractivity contribution in [2.24, 2.45) is 0 Å². The average Bonchev–Trinajstić information content (AvgIpc) is 2.43. The van der Waals surface area contributed by atoms with Crippen LogP contribution in [-0.2, 0) is 4.79 Å². The Morgan fingerprint density at radius 1 is 0.895 bits per heavy atom. The first-order valence-electron chi connectivity index (χ1n) is 5.77. The van der Waals surface area contributed by atoms with Crippen molar-refractivity contribution in [1.29, 1.82) is 0 Å². The van der Waals surface area contributed by atoms with E-state index < -0.39 is 0 Å². The summed E-state index contributed by atoms with van der Waals surface area (Å²) in [5, 5.41) is -0.105. The summed E-state index contributed by atoms with van der Waals surface area (Å²) >= 11 is 1.43. The lowest BCUT2D eigenvalue weighted by atomic mass is 10.0. The summed E-state index contributed by atoms with van der Waals surface area (Å²) in [5.41, 5.74) is 1.78. The van der Waals surface area contributed by atoms with Crippen molar-refractivity contribution in [2.75, 3.05) is 5.75 Å². The van der Waals surface area contributed by atoms with E-state index in [9.17, 15) is 13.6 Å². The Morgan fingerprint density at radius 2 is 1.32 bits per heavy atom. The molecule has 2 rings (SSSR count). The topological polar surface area (TPSA) is 17.1 Å². The average molecular weight is 278 g/mol. The van der Waals surface area contributed by atoms with E-state index in [1.165, 1.54) is 36.0 Å². The van der Waals surface area contributed by atoms with Gasteiger partial charge >= 0.3 is 0 Å². The van der Waals surface area contributed by atoms with Crippen LogP contribution in [-0.4, -0.2) is 12.0 Å². The second kappa shape index (κ2) is 6.48. The molecule has 0 aliphatic carbocycles. The van der Waals surface area contributed by atoms with Crippen LogP contribution in [0, 0.1) is 11.6 Å². The summed E-state index contributed by atoms with van der Waals surface area (Å²) in [4.78, 5) is 10.5. The van der Waals surface area contributed by atoms with E-state index in [0.29, 0.717) is 5.75 Å². The zero-order chi connectivity index (χ0) is 13.7. The van der Waals surface area contributed by atoms with Gasteiger partial charge in [0.15, 0.2) is 0 Å². The van der Waals surface area contributed by atoms with Gasteiger partial charge in [0, 0.05) is 0 Å². The van der Waals surface area contributed by atoms with E-state index in [4.69, 9.17) is 0 Å². The third kappa shape index (κ3) is 3.64. The molecule has 0 unspecified atom stereocenters. The molecule has 1 nitrogen and oxygen atoms in total. The first kappa shape index (κ1) is 13.7. The van der Waals surface area contributed by atoms with Gasteiger partial charge in [0.1, 0.15) is 17.9 Å². The van der Waals surface area contributed by atoms with Crippen LogP contribution in [0.3, 0.4) is 0 Å². The van der Waals surface area contributed by atoms with Crippen LogP contribution >= 0.6 is 11.8 Å². The van der Waals surface area contributed by atoms with Gasteiger partial charge < -0.3 is 4.79 Å². The molecule has 98 valence electrons. The molecule has 0 saturated carbocycles. The second-order valence-electron chi connectivity index (χ2n) is 3.98. The zero-order valence-corrected chi connectivity index (χ0v) is 10.9. The van der Waals surface area contributed by atoms with Crippen LogP contribution in [0.15, 0.2) is 48.5 Å². The third-order valence-corrected chi connectivity index (χ3v) is 3.88. The number of aldehydes is 1. The smallest absolute Gasteiger partial charge is 0.129 e. The molecular formula is C15H12F2OS. The van der Waals surface area contributed by atoms with E-state index in [1.54, 1.807) is 24.3 Å². The van der Waals surface area contributed by atoms with Crippen LogP contribution in [0.2, 0.25) is 0 Å². The van der Waals surface area contributed by atoms with Crippen molar-refractivity contribution in [3.05, 3.63) is 71.3 Å². The van der Waals surface area contributed by atoms with Gasteiger partial charge in [0.2, 0.25) is 0 Å². The molecule has 0 saturated heterocycles. The lowest BCUT2D eigenvalue weighted by molar-refractivity contribution is -0.105. The summed E-state index contributed by atoms with van der Waals surface area (Å²) < 4.78 is 25.9. The summed E-state index contributed by atoms with van der Waals surface area (Å²) in [6.07, 6.45) is 0.824. The molecule has 0 aromatic heterocycles. The number of carbonyl (C=O) groups excluding carboxylic acids is 1. The zero-order valence-electron chi connectivity index (χ0n) is 10.1. The van der Waals surface area contributed by atoms with Gasteiger partial charge in [-0.1, -0.05) is 24.3 Å². The van der Waals surface area contributed by atoms with Crippen molar-refractivity contribution in [3.8, 4) is 0 Å². The number of carbonyl (C=O) groups is 1. The monoisotopic (exact) mass is 278 g/mol. The lowest BCUT2D eigenvalue weighted by Gasteiger charge is -2.16. The quantitative estimate of drug-likeness (QED) is 0.769. The molecular weight excluding hydrogens is 266 g/mol. The van der Waals surface area contributed by atoms with Gasteiger partial charge in [0.05, 0.1) is 11.0 Å². The highest BCUT2D eigenvalue weighted by molar-refractivity contribution is 8.00. The fourth-order valence-electron chi connectivity index (χ4n) is 1.80. The predicted molar refractivity (Wildman–Crippen MR) is 73.2 cm³/mol. The maximum Gasteiger partial charge on any atom is 0.129 e. The van der Waals surface area contributed by atoms with Crippen LogP contribution in [0.5, 0.6) is 0 Å². The van der Waals surface area contributed by atoms with Gasteiger partial charge in [-0.15, -0.1) is 11.8 Å². The molecule has 4 heteroatoms. The third-order valence-electron chi connectivity index (χ3n) is 2.68. The minimum Gasteiger partial charge on any atom is -0.302 e. The van der Waals surface area contributed by atoms with Crippen molar-refractivity contribution < 1.29 is 13.6 Å². The first-order chi connectivity index (χ1) is 9.20. The summed E-state index contributed by atoms with van der Waals surface area (Å²) in [7, 11) is 0. The van der Waals surface area contributed by atoms with Gasteiger partial charge in [-0.25, -0.2) is 8.78 Å². The molecule has 0 radical (unpaired) electrons. The molecule has 0 heterocycles. The molecule has 0 aliphatic heterocycles. The molecule has 0 bridgehead atoms. The summed E-state index contributed by atoms with van der Waals surface area (Å²) in [6, 6.07) is 12.3. The Morgan fingerprint density at radius 3 is 1.68 bits per heavy atom. The van der Waals surface area contributed by atoms with E-state index in [1.807, 2.05) is 0 Å². The number of rotatable bonds is 5. The number of hydrogen-bond acceptors (Lipinski definition) is 2. The lowest BCUT2D eigenvalue weighted by Crippen LogP contribution is -1.99. The fourth-order valence-corrected chi connectivity index (χ4v) is 2.77. The fraction of sp³-hybridized carbons (Fsp3) is 0.133. The highest BCUT2D eigenvalue weighted by atomic mass is 32.2. The van der Waals surface area contributed by atoms with E-state index >= 15 is 0 Å². The van der Waals surface area contributed by atoms with Crippen LogP contribution < -0.4 is 0 Å². The number of halogens is 2. The van der Waals surface area contributed by atoms with E-state index in [0.717, 1.165) is 17.4 Å². The molecule has 19 heavy (non-hydrogen) atoms. The van der Waals surface area contributed by atoms with E-state index in [2.05, 4.69) is 0 Å². The minimum absolute atomic E-state index is 0.105. The number of hydrogen-bond donors (Lipinski definition) is 0.